The van der Waals surface area contributed by atoms with Gasteiger partial charge in [-0.1, -0.05) is 30.3 Å². The Morgan fingerprint density at radius 3 is 2.56 bits per heavy atom. The zero-order valence-electron chi connectivity index (χ0n) is 22.1. The molecule has 1 saturated heterocycles. The van der Waals surface area contributed by atoms with E-state index in [4.69, 9.17) is 14.6 Å². The van der Waals surface area contributed by atoms with Crippen molar-refractivity contribution >= 4 is 22.4 Å². The van der Waals surface area contributed by atoms with Gasteiger partial charge in [-0.15, -0.1) is 0 Å². The van der Waals surface area contributed by atoms with E-state index in [-0.39, 0.29) is 18.3 Å². The summed E-state index contributed by atoms with van der Waals surface area (Å²) in [6.45, 7) is 5.24. The number of carbonyl (C=O) groups is 1. The Hall–Kier alpha value is -4.17. The number of rotatable bonds is 7. The number of aromatic nitrogens is 2. The summed E-state index contributed by atoms with van der Waals surface area (Å²) in [5.41, 5.74) is 3.74. The van der Waals surface area contributed by atoms with Gasteiger partial charge in [0.2, 0.25) is 12.7 Å². The molecule has 2 aliphatic heterocycles. The highest BCUT2D eigenvalue weighted by atomic mass is 16.7. The van der Waals surface area contributed by atoms with Crippen LogP contribution in [-0.4, -0.2) is 47.0 Å². The second kappa shape index (κ2) is 10.9. The number of ether oxygens (including phenoxy) is 2. The summed E-state index contributed by atoms with van der Waals surface area (Å²) in [6, 6.07) is 21.6. The van der Waals surface area contributed by atoms with E-state index >= 15 is 0 Å². The lowest BCUT2D eigenvalue weighted by Gasteiger charge is -2.32. The van der Waals surface area contributed by atoms with Gasteiger partial charge in [0.05, 0.1) is 11.1 Å². The molecule has 1 amide bonds. The lowest BCUT2D eigenvalue weighted by Crippen LogP contribution is -2.34. The maximum Gasteiger partial charge on any atom is 0.274 e. The molecule has 4 aromatic rings. The number of aryl methyl sites for hydroxylation is 1. The molecular formula is C31H32N4O4. The maximum absolute atomic E-state index is 13.3. The fourth-order valence-corrected chi connectivity index (χ4v) is 5.65. The first-order chi connectivity index (χ1) is 19.0. The van der Waals surface area contributed by atoms with E-state index in [2.05, 4.69) is 22.3 Å². The van der Waals surface area contributed by atoms with Gasteiger partial charge in [0.1, 0.15) is 0 Å². The van der Waals surface area contributed by atoms with Crippen molar-refractivity contribution < 1.29 is 14.3 Å². The first-order valence-electron chi connectivity index (χ1n) is 13.5. The van der Waals surface area contributed by atoms with Crippen LogP contribution in [0.1, 0.15) is 37.7 Å². The van der Waals surface area contributed by atoms with Crippen LogP contribution in [0.2, 0.25) is 0 Å². The number of nitrogens with one attached hydrogen (secondary N) is 1. The lowest BCUT2D eigenvalue weighted by molar-refractivity contribution is -0.114. The first-order valence-corrected chi connectivity index (χ1v) is 13.5. The fourth-order valence-electron chi connectivity index (χ4n) is 5.65. The van der Waals surface area contributed by atoms with Crippen molar-refractivity contribution in [2.24, 2.45) is 0 Å². The SMILES string of the molecule is CC(=O)Nc1cccc(C2CCN(CCCn3nc(-c4ccc5c(c4)OCO5)c4ccccc4c3=O)CC2)c1. The number of carbonyl (C=O) groups excluding carboxylic acids is 1. The Balaban J connectivity index is 1.12. The molecule has 0 spiro atoms. The van der Waals surface area contributed by atoms with Gasteiger partial charge in [-0.25, -0.2) is 4.68 Å². The van der Waals surface area contributed by atoms with Crippen LogP contribution in [-0.2, 0) is 11.3 Å². The van der Waals surface area contributed by atoms with Crippen molar-refractivity contribution in [1.29, 1.82) is 0 Å². The van der Waals surface area contributed by atoms with E-state index in [1.165, 1.54) is 12.5 Å². The van der Waals surface area contributed by atoms with E-state index < -0.39 is 0 Å². The molecule has 200 valence electrons. The van der Waals surface area contributed by atoms with E-state index in [0.717, 1.165) is 67.0 Å². The first kappa shape index (κ1) is 25.1. The zero-order valence-corrected chi connectivity index (χ0v) is 22.1. The number of amides is 1. The summed E-state index contributed by atoms with van der Waals surface area (Å²) in [4.78, 5) is 27.2. The Bertz CT molecular complexity index is 1570. The van der Waals surface area contributed by atoms with Crippen LogP contribution >= 0.6 is 0 Å². The van der Waals surface area contributed by atoms with Gasteiger partial charge in [0.15, 0.2) is 11.5 Å². The van der Waals surface area contributed by atoms with E-state index in [1.54, 1.807) is 4.68 Å². The number of nitrogens with zero attached hydrogens (tertiary/aromatic N) is 3. The van der Waals surface area contributed by atoms with Gasteiger partial charge in [-0.05, 0) is 86.8 Å². The molecule has 3 heterocycles. The molecule has 0 unspecified atom stereocenters. The molecule has 39 heavy (non-hydrogen) atoms. The highest BCUT2D eigenvalue weighted by Crippen LogP contribution is 2.37. The lowest BCUT2D eigenvalue weighted by atomic mass is 9.89. The largest absolute Gasteiger partial charge is 0.454 e. The molecule has 0 bridgehead atoms. The van der Waals surface area contributed by atoms with E-state index in [0.29, 0.717) is 23.6 Å². The normalized spacial score (nSPS) is 15.5. The number of likely N-dealkylation sites (tertiary alicyclic amines) is 1. The van der Waals surface area contributed by atoms with Gasteiger partial charge in [0.25, 0.3) is 5.56 Å². The molecule has 8 nitrogen and oxygen atoms in total. The average molecular weight is 525 g/mol. The van der Waals surface area contributed by atoms with Crippen LogP contribution in [0.15, 0.2) is 71.5 Å². The molecule has 1 aromatic heterocycles. The van der Waals surface area contributed by atoms with E-state index in [1.807, 2.05) is 54.6 Å². The monoisotopic (exact) mass is 524 g/mol. The second-order valence-corrected chi connectivity index (χ2v) is 10.3. The summed E-state index contributed by atoms with van der Waals surface area (Å²) in [5, 5.41) is 9.21. The van der Waals surface area contributed by atoms with Crippen LogP contribution in [0.3, 0.4) is 0 Å². The Kier molecular flexibility index (Phi) is 7.02. The zero-order chi connectivity index (χ0) is 26.8. The predicted octanol–water partition coefficient (Wildman–Crippen LogP) is 5.02. The summed E-state index contributed by atoms with van der Waals surface area (Å²) < 4.78 is 12.7. The molecule has 0 radical (unpaired) electrons. The third-order valence-electron chi connectivity index (χ3n) is 7.62. The highest BCUT2D eigenvalue weighted by molar-refractivity contribution is 5.94. The number of piperidine rings is 1. The van der Waals surface area contributed by atoms with Crippen LogP contribution in [0.5, 0.6) is 11.5 Å². The number of hydrogen-bond acceptors (Lipinski definition) is 6. The quantitative estimate of drug-likeness (QED) is 0.365. The van der Waals surface area contributed by atoms with Crippen molar-refractivity contribution in [3.05, 3.63) is 82.6 Å². The van der Waals surface area contributed by atoms with Crippen LogP contribution in [0, 0.1) is 0 Å². The minimum Gasteiger partial charge on any atom is -0.454 e. The minimum atomic E-state index is -0.0622. The second-order valence-electron chi connectivity index (χ2n) is 10.3. The van der Waals surface area contributed by atoms with Gasteiger partial charge in [0, 0.05) is 30.1 Å². The van der Waals surface area contributed by atoms with Crippen molar-refractivity contribution in [3.63, 3.8) is 0 Å². The number of fused-ring (bicyclic) bond motifs is 2. The summed E-state index contributed by atoms with van der Waals surface area (Å²) in [5.74, 6) is 1.86. The van der Waals surface area contributed by atoms with Crippen molar-refractivity contribution in [3.8, 4) is 22.8 Å². The topological polar surface area (TPSA) is 85.7 Å². The van der Waals surface area contributed by atoms with Crippen molar-refractivity contribution in [1.82, 2.24) is 14.7 Å². The number of benzene rings is 3. The standard InChI is InChI=1S/C31H32N4O4/c1-21(36)32-25-7-4-6-23(18-25)22-12-16-34(17-13-22)14-5-15-35-31(37)27-9-3-2-8-26(27)30(33-35)24-10-11-28-29(19-24)39-20-38-28/h2-4,6-11,18-19,22H,5,12-17,20H2,1H3,(H,32,36). The van der Waals surface area contributed by atoms with Gasteiger partial charge < -0.3 is 19.7 Å². The smallest absolute Gasteiger partial charge is 0.274 e. The third kappa shape index (κ3) is 5.38. The third-order valence-corrected chi connectivity index (χ3v) is 7.62. The molecule has 0 atom stereocenters. The molecule has 6 rings (SSSR count). The van der Waals surface area contributed by atoms with Crippen molar-refractivity contribution in [2.45, 2.75) is 38.6 Å². The van der Waals surface area contributed by atoms with Crippen LogP contribution < -0.4 is 20.3 Å². The van der Waals surface area contributed by atoms with Crippen LogP contribution in [0.4, 0.5) is 5.69 Å². The molecule has 8 heteroatoms. The average Bonchev–Trinajstić information content (AvgIpc) is 3.43. The highest BCUT2D eigenvalue weighted by Gasteiger charge is 2.21. The molecule has 1 fully saturated rings. The molecule has 3 aromatic carbocycles. The minimum absolute atomic E-state index is 0.0509. The summed E-state index contributed by atoms with van der Waals surface area (Å²) >= 11 is 0. The van der Waals surface area contributed by atoms with Crippen LogP contribution in [0.25, 0.3) is 22.0 Å². The van der Waals surface area contributed by atoms with Gasteiger partial charge in [-0.3, -0.25) is 9.59 Å². The molecule has 0 aliphatic carbocycles. The molecule has 2 aliphatic rings. The molecular weight excluding hydrogens is 492 g/mol. The number of hydrogen-bond donors (Lipinski definition) is 1. The summed E-state index contributed by atoms with van der Waals surface area (Å²) in [7, 11) is 0. The number of anilines is 1. The summed E-state index contributed by atoms with van der Waals surface area (Å²) in [6.07, 6.45) is 2.99. The Morgan fingerprint density at radius 2 is 1.74 bits per heavy atom. The Labute approximate surface area is 227 Å². The molecule has 0 saturated carbocycles. The predicted molar refractivity (Wildman–Crippen MR) is 151 cm³/mol. The fraction of sp³-hybridized carbons (Fsp3) is 0.323. The maximum atomic E-state index is 13.3. The Morgan fingerprint density at radius 1 is 0.949 bits per heavy atom. The van der Waals surface area contributed by atoms with Gasteiger partial charge >= 0.3 is 0 Å². The van der Waals surface area contributed by atoms with Gasteiger partial charge in [-0.2, -0.15) is 5.10 Å². The van der Waals surface area contributed by atoms with Crippen molar-refractivity contribution in [2.75, 3.05) is 31.7 Å². The molecule has 1 N–H and O–H groups in total. The van der Waals surface area contributed by atoms with E-state index in [9.17, 15) is 9.59 Å².